The number of halogens is 2. The van der Waals surface area contributed by atoms with Gasteiger partial charge < -0.3 is 10.0 Å². The van der Waals surface area contributed by atoms with Crippen LogP contribution in [-0.2, 0) is 19.4 Å². The van der Waals surface area contributed by atoms with Crippen LogP contribution in [0.5, 0.6) is 0 Å². The van der Waals surface area contributed by atoms with Gasteiger partial charge in [0.1, 0.15) is 4.75 Å². The molecular weight excluding hydrogens is 277 g/mol. The lowest BCUT2D eigenvalue weighted by Crippen LogP contribution is -2.65. The Morgan fingerprint density at radius 1 is 1.65 bits per heavy atom. The van der Waals surface area contributed by atoms with Gasteiger partial charge in [0.2, 0.25) is 6.17 Å². The van der Waals surface area contributed by atoms with E-state index >= 15 is 0 Å². The Morgan fingerprint density at radius 2 is 2.18 bits per heavy atom. The van der Waals surface area contributed by atoms with E-state index in [2.05, 4.69) is 0 Å². The Labute approximate surface area is 101 Å². The molecule has 0 spiro atoms. The number of hydrogen-bond acceptors (Lipinski definition) is 4. The topological polar surface area (TPSA) is 91.8 Å². The third-order valence-corrected chi connectivity index (χ3v) is 6.82. The van der Waals surface area contributed by atoms with Gasteiger partial charge in [0.25, 0.3) is 5.91 Å². The van der Waals surface area contributed by atoms with Crippen LogP contribution in [0, 0.1) is 0 Å². The first-order valence-corrected chi connectivity index (χ1v) is 6.76. The molecule has 96 valence electrons. The summed E-state index contributed by atoms with van der Waals surface area (Å²) in [5.74, 6) is -3.13. The van der Waals surface area contributed by atoms with Gasteiger partial charge in [-0.05, 0) is 6.92 Å². The number of aliphatic carboxylic acids is 1. The summed E-state index contributed by atoms with van der Waals surface area (Å²) in [6.07, 6.45) is -2.19. The highest BCUT2D eigenvalue weighted by molar-refractivity contribution is 7.94. The van der Waals surface area contributed by atoms with Crippen molar-refractivity contribution in [3.63, 3.8) is 0 Å². The van der Waals surface area contributed by atoms with E-state index in [9.17, 15) is 22.4 Å². The van der Waals surface area contributed by atoms with Gasteiger partial charge in [-0.25, -0.2) is 17.6 Å². The molecule has 0 bridgehead atoms. The van der Waals surface area contributed by atoms with Gasteiger partial charge in [-0.3, -0.25) is 4.79 Å². The van der Waals surface area contributed by atoms with Gasteiger partial charge in [-0.15, -0.1) is 11.6 Å². The molecule has 0 radical (unpaired) electrons. The zero-order valence-electron chi connectivity index (χ0n) is 8.63. The Morgan fingerprint density at radius 3 is 2.59 bits per heavy atom. The Bertz CT molecular complexity index is 508. The number of carboxylic acid groups (broad SMARTS) is 1. The van der Waals surface area contributed by atoms with Crippen LogP contribution in [-0.4, -0.2) is 58.5 Å². The summed E-state index contributed by atoms with van der Waals surface area (Å²) in [6.45, 7) is 1.12. The normalized spacial score (nSPS) is 43.1. The molecule has 1 N–H and O–H groups in total. The molecule has 2 aliphatic rings. The zero-order chi connectivity index (χ0) is 13.2. The molecule has 0 aromatic heterocycles. The number of carbonyl (C=O) groups excluding carboxylic acids is 1. The van der Waals surface area contributed by atoms with Crippen LogP contribution in [0.3, 0.4) is 0 Å². The van der Waals surface area contributed by atoms with E-state index in [-0.39, 0.29) is 0 Å². The van der Waals surface area contributed by atoms with Gasteiger partial charge in [0.15, 0.2) is 21.3 Å². The summed E-state index contributed by atoms with van der Waals surface area (Å²) in [5.41, 5.74) is 0. The van der Waals surface area contributed by atoms with Crippen LogP contribution >= 0.6 is 11.6 Å². The second-order valence-electron chi connectivity index (χ2n) is 4.27. The molecule has 17 heavy (non-hydrogen) atoms. The maximum atomic E-state index is 13.3. The molecule has 6 nitrogen and oxygen atoms in total. The fourth-order valence-electron chi connectivity index (χ4n) is 2.28. The van der Waals surface area contributed by atoms with Crippen molar-refractivity contribution < 1.29 is 27.5 Å². The molecule has 4 atom stereocenters. The molecular formula is C8H9ClFNO5S. The smallest absolute Gasteiger partial charge is 0.328 e. The molecule has 2 heterocycles. The predicted octanol–water partition coefficient (Wildman–Crippen LogP) is -0.628. The molecule has 2 saturated heterocycles. The SMILES string of the molecule is C[C@]1(CCl)[C@H](C(=O)O)N2C(=O)[C@H](F)[C@H]2S1(=O)=O. The second-order valence-corrected chi connectivity index (χ2v) is 7.04. The number of nitrogens with zero attached hydrogens (tertiary/aromatic N) is 1. The number of amides is 1. The van der Waals surface area contributed by atoms with Gasteiger partial charge >= 0.3 is 5.97 Å². The van der Waals surface area contributed by atoms with Crippen molar-refractivity contribution in [2.45, 2.75) is 29.3 Å². The van der Waals surface area contributed by atoms with E-state index in [1.165, 1.54) is 0 Å². The summed E-state index contributed by atoms with van der Waals surface area (Å²) in [6, 6.07) is -1.63. The molecule has 0 unspecified atom stereocenters. The highest BCUT2D eigenvalue weighted by Crippen LogP contribution is 2.47. The summed E-state index contributed by atoms with van der Waals surface area (Å²) >= 11 is 5.52. The van der Waals surface area contributed by atoms with Crippen molar-refractivity contribution in [1.29, 1.82) is 0 Å². The quantitative estimate of drug-likeness (QED) is 0.539. The molecule has 0 saturated carbocycles. The number of rotatable bonds is 2. The van der Waals surface area contributed by atoms with Crippen LogP contribution in [0.1, 0.15) is 6.92 Å². The van der Waals surface area contributed by atoms with Gasteiger partial charge in [0, 0.05) is 5.88 Å². The minimum absolute atomic E-state index is 0.515. The summed E-state index contributed by atoms with van der Waals surface area (Å²) in [7, 11) is -4.14. The summed E-state index contributed by atoms with van der Waals surface area (Å²) < 4.78 is 35.4. The van der Waals surface area contributed by atoms with Gasteiger partial charge in [0.05, 0.1) is 0 Å². The lowest BCUT2D eigenvalue weighted by molar-refractivity contribution is -0.164. The molecule has 0 aromatic carbocycles. The number of alkyl halides is 2. The van der Waals surface area contributed by atoms with E-state index in [4.69, 9.17) is 16.7 Å². The van der Waals surface area contributed by atoms with E-state index in [0.717, 1.165) is 6.92 Å². The Kier molecular flexibility index (Phi) is 2.45. The van der Waals surface area contributed by atoms with Crippen molar-refractivity contribution in [3.8, 4) is 0 Å². The van der Waals surface area contributed by atoms with Crippen molar-refractivity contribution in [1.82, 2.24) is 4.90 Å². The second kappa shape index (κ2) is 3.32. The highest BCUT2D eigenvalue weighted by Gasteiger charge is 2.74. The minimum Gasteiger partial charge on any atom is -0.480 e. The fourth-order valence-corrected chi connectivity index (χ4v) is 5.07. The number of β-lactam (4-membered cyclic amide) rings is 1. The summed E-state index contributed by atoms with van der Waals surface area (Å²) in [4.78, 5) is 22.9. The minimum atomic E-state index is -4.14. The van der Waals surface area contributed by atoms with E-state index in [0.29, 0.717) is 4.90 Å². The third-order valence-electron chi connectivity index (χ3n) is 3.34. The monoisotopic (exact) mass is 285 g/mol. The highest BCUT2D eigenvalue weighted by atomic mass is 35.5. The molecule has 1 amide bonds. The maximum absolute atomic E-state index is 13.3. The van der Waals surface area contributed by atoms with Gasteiger partial charge in [-0.1, -0.05) is 0 Å². The van der Waals surface area contributed by atoms with Crippen LogP contribution in [0.25, 0.3) is 0 Å². The first kappa shape index (κ1) is 12.6. The van der Waals surface area contributed by atoms with Crippen LogP contribution < -0.4 is 0 Å². The average molecular weight is 286 g/mol. The Balaban J connectivity index is 2.62. The fraction of sp³-hybridized carbons (Fsp3) is 0.750. The molecule has 9 heteroatoms. The lowest BCUT2D eigenvalue weighted by Gasteiger charge is -2.38. The van der Waals surface area contributed by atoms with Gasteiger partial charge in [-0.2, -0.15) is 0 Å². The van der Waals surface area contributed by atoms with E-state index in [1.54, 1.807) is 0 Å². The number of hydrogen-bond donors (Lipinski definition) is 1. The van der Waals surface area contributed by atoms with E-state index < -0.39 is 49.9 Å². The van der Waals surface area contributed by atoms with E-state index in [1.807, 2.05) is 0 Å². The number of fused-ring (bicyclic) bond motifs is 1. The largest absolute Gasteiger partial charge is 0.480 e. The van der Waals surface area contributed by atoms with Crippen LogP contribution in [0.2, 0.25) is 0 Å². The number of sulfone groups is 1. The predicted molar refractivity (Wildman–Crippen MR) is 55.0 cm³/mol. The summed E-state index contributed by atoms with van der Waals surface area (Å²) in [5, 5.41) is 7.29. The maximum Gasteiger partial charge on any atom is 0.328 e. The molecule has 2 aliphatic heterocycles. The number of carbonyl (C=O) groups is 2. The third kappa shape index (κ3) is 1.17. The number of carboxylic acids is 1. The molecule has 2 fully saturated rings. The molecule has 0 aromatic rings. The van der Waals surface area contributed by atoms with Crippen LogP contribution in [0.4, 0.5) is 4.39 Å². The van der Waals surface area contributed by atoms with Crippen LogP contribution in [0.15, 0.2) is 0 Å². The van der Waals surface area contributed by atoms with Crippen molar-refractivity contribution in [3.05, 3.63) is 0 Å². The lowest BCUT2D eigenvalue weighted by atomic mass is 9.97. The first-order chi connectivity index (χ1) is 7.70. The average Bonchev–Trinajstić information content (AvgIpc) is 2.42. The Hall–Kier alpha value is -0.890. The standard InChI is InChI=1S/C8H9ClFNO5S/c1-8(2-9)4(7(13)14)11-5(12)3(10)6(11)17(8,15)16/h3-4,6H,2H2,1H3,(H,13,14)/t3-,4-,6+,8-/m0/s1. The van der Waals surface area contributed by atoms with Crippen molar-refractivity contribution in [2.75, 3.05) is 5.88 Å². The van der Waals surface area contributed by atoms with Crippen molar-refractivity contribution >= 4 is 33.3 Å². The van der Waals surface area contributed by atoms with Crippen molar-refractivity contribution in [2.24, 2.45) is 0 Å². The molecule has 0 aliphatic carbocycles. The zero-order valence-corrected chi connectivity index (χ0v) is 10.2. The first-order valence-electron chi connectivity index (χ1n) is 4.68. The molecule has 2 rings (SSSR count).